The zero-order chi connectivity index (χ0) is 34.5. The van der Waals surface area contributed by atoms with Crippen molar-refractivity contribution in [2.75, 3.05) is 39.1 Å². The van der Waals surface area contributed by atoms with Crippen LogP contribution in [0.5, 0.6) is 5.75 Å². The Morgan fingerprint density at radius 1 is 0.978 bits per heavy atom. The number of methoxy groups -OCH3 is 1. The number of nitrogens with one attached hydrogen (secondary N) is 2. The molecule has 1 aliphatic heterocycles. The lowest BCUT2D eigenvalue weighted by atomic mass is 9.96. The number of likely N-dealkylation sites (tertiary alicyclic amines) is 1. The van der Waals surface area contributed by atoms with Crippen molar-refractivity contribution in [3.05, 3.63) is 66.5 Å². The molecule has 0 atom stereocenters. The van der Waals surface area contributed by atoms with Crippen molar-refractivity contribution in [1.82, 2.24) is 20.0 Å². The summed E-state index contributed by atoms with van der Waals surface area (Å²) in [5, 5.41) is 24.1. The normalized spacial score (nSPS) is 13.7. The lowest BCUT2D eigenvalue weighted by Crippen LogP contribution is -2.41. The number of anilines is 1. The van der Waals surface area contributed by atoms with E-state index in [0.29, 0.717) is 12.5 Å². The van der Waals surface area contributed by atoms with Crippen molar-refractivity contribution in [1.29, 1.82) is 0 Å². The molecule has 2 amide bonds. The van der Waals surface area contributed by atoms with Crippen molar-refractivity contribution in [2.45, 2.75) is 31.7 Å². The predicted molar refractivity (Wildman–Crippen MR) is 154 cm³/mol. The minimum Gasteiger partial charge on any atom is -0.497 e. The van der Waals surface area contributed by atoms with E-state index in [1.807, 2.05) is 59.6 Å². The van der Waals surface area contributed by atoms with Crippen molar-refractivity contribution in [3.63, 3.8) is 0 Å². The minimum atomic E-state index is -5.08. The van der Waals surface area contributed by atoms with E-state index < -0.39 is 24.3 Å². The van der Waals surface area contributed by atoms with Crippen LogP contribution in [0.3, 0.4) is 0 Å². The van der Waals surface area contributed by atoms with Gasteiger partial charge in [-0.15, -0.1) is 0 Å². The third kappa shape index (κ3) is 13.1. The van der Waals surface area contributed by atoms with Gasteiger partial charge in [0.1, 0.15) is 5.75 Å². The molecule has 17 heteroatoms. The molecule has 0 aliphatic carbocycles. The predicted octanol–water partition coefficient (Wildman–Crippen LogP) is 5.73. The number of urea groups is 1. The summed E-state index contributed by atoms with van der Waals surface area (Å²) in [4.78, 5) is 35.3. The molecule has 0 bridgehead atoms. The van der Waals surface area contributed by atoms with Crippen LogP contribution in [0.15, 0.2) is 60.9 Å². The van der Waals surface area contributed by atoms with Gasteiger partial charge in [-0.3, -0.25) is 5.10 Å². The number of aliphatic carboxylic acids is 2. The number of aromatic amines is 1. The first-order valence-electron chi connectivity index (χ1n) is 13.6. The molecule has 3 aromatic rings. The van der Waals surface area contributed by atoms with Crippen molar-refractivity contribution in [2.24, 2.45) is 5.92 Å². The number of aromatic nitrogens is 2. The summed E-state index contributed by atoms with van der Waals surface area (Å²) in [6.45, 7) is 3.44. The van der Waals surface area contributed by atoms with E-state index in [1.165, 1.54) is 0 Å². The number of nitrogens with zero attached hydrogens (tertiary/aromatic N) is 3. The van der Waals surface area contributed by atoms with Gasteiger partial charge in [-0.2, -0.15) is 31.4 Å². The Hall–Kier alpha value is -4.80. The van der Waals surface area contributed by atoms with Gasteiger partial charge in [0.25, 0.3) is 0 Å². The highest BCUT2D eigenvalue weighted by atomic mass is 19.4. The highest BCUT2D eigenvalue weighted by molar-refractivity contribution is 5.89. The molecular weight excluding hydrogens is 628 g/mol. The van der Waals surface area contributed by atoms with Crippen LogP contribution in [0.25, 0.3) is 11.1 Å². The SMILES string of the molecule is COc1cccc(CN(CC2CCN(C)CC2)C(=O)Nc2ccc(-c3cn[nH]c3)cc2)c1.O=C(O)C(F)(F)F.O=C(O)C(F)(F)F. The fraction of sp³-hybridized carbons (Fsp3) is 0.379. The monoisotopic (exact) mass is 661 g/mol. The second-order valence-electron chi connectivity index (χ2n) is 10.1. The van der Waals surface area contributed by atoms with Gasteiger partial charge < -0.3 is 30.1 Å². The molecule has 0 unspecified atom stereocenters. The van der Waals surface area contributed by atoms with Crippen LogP contribution in [-0.2, 0) is 16.1 Å². The molecule has 252 valence electrons. The van der Waals surface area contributed by atoms with E-state index in [0.717, 1.165) is 60.6 Å². The number of hydrogen-bond donors (Lipinski definition) is 4. The third-order valence-corrected chi connectivity index (χ3v) is 6.56. The lowest BCUT2D eigenvalue weighted by Gasteiger charge is -2.33. The van der Waals surface area contributed by atoms with Crippen molar-refractivity contribution >= 4 is 23.7 Å². The molecule has 2 aromatic carbocycles. The number of carbonyl (C=O) groups excluding carboxylic acids is 1. The van der Waals surface area contributed by atoms with Gasteiger partial charge in [0.15, 0.2) is 0 Å². The molecule has 4 rings (SSSR count). The Kier molecular flexibility index (Phi) is 13.9. The Morgan fingerprint density at radius 3 is 2.02 bits per heavy atom. The van der Waals surface area contributed by atoms with E-state index in [1.54, 1.807) is 13.3 Å². The average molecular weight is 662 g/mol. The molecule has 1 fully saturated rings. The number of H-pyrrole nitrogens is 1. The second-order valence-corrected chi connectivity index (χ2v) is 10.1. The van der Waals surface area contributed by atoms with E-state index in [9.17, 15) is 31.1 Å². The highest BCUT2D eigenvalue weighted by Gasteiger charge is 2.38. The molecule has 0 spiro atoms. The Bertz CT molecular complexity index is 1370. The smallest absolute Gasteiger partial charge is 0.490 e. The van der Waals surface area contributed by atoms with Crippen LogP contribution in [0.4, 0.5) is 36.8 Å². The summed E-state index contributed by atoms with van der Waals surface area (Å²) in [5.74, 6) is -4.21. The van der Waals surface area contributed by atoms with Crippen LogP contribution in [0.1, 0.15) is 18.4 Å². The third-order valence-electron chi connectivity index (χ3n) is 6.56. The molecule has 4 N–H and O–H groups in total. The number of piperidine rings is 1. The Balaban J connectivity index is 0.000000440. The first-order valence-corrected chi connectivity index (χ1v) is 13.6. The van der Waals surface area contributed by atoms with Crippen LogP contribution in [-0.4, -0.2) is 94.3 Å². The molecule has 1 aliphatic rings. The molecule has 2 heterocycles. The number of carbonyl (C=O) groups is 3. The van der Waals surface area contributed by atoms with Crippen LogP contribution in [0, 0.1) is 5.92 Å². The zero-order valence-electron chi connectivity index (χ0n) is 24.7. The molecule has 1 aromatic heterocycles. The average Bonchev–Trinajstić information content (AvgIpc) is 3.53. The number of rotatable bonds is 7. The van der Waals surface area contributed by atoms with Gasteiger partial charge in [-0.1, -0.05) is 24.3 Å². The zero-order valence-corrected chi connectivity index (χ0v) is 24.7. The summed E-state index contributed by atoms with van der Waals surface area (Å²) in [6.07, 6.45) is -4.31. The van der Waals surface area contributed by atoms with Crippen molar-refractivity contribution < 1.29 is 55.7 Å². The van der Waals surface area contributed by atoms with Crippen LogP contribution < -0.4 is 10.1 Å². The molecular formula is C29H33F6N5O6. The van der Waals surface area contributed by atoms with Gasteiger partial charge >= 0.3 is 30.3 Å². The summed E-state index contributed by atoms with van der Waals surface area (Å²) < 4.78 is 68.8. The summed E-state index contributed by atoms with van der Waals surface area (Å²) in [6, 6.07) is 15.7. The van der Waals surface area contributed by atoms with E-state index >= 15 is 0 Å². The van der Waals surface area contributed by atoms with E-state index in [2.05, 4.69) is 27.5 Å². The Morgan fingerprint density at radius 2 is 1.54 bits per heavy atom. The first-order chi connectivity index (χ1) is 21.5. The maximum absolute atomic E-state index is 13.3. The summed E-state index contributed by atoms with van der Waals surface area (Å²) >= 11 is 0. The van der Waals surface area contributed by atoms with Gasteiger partial charge in [0.2, 0.25) is 0 Å². The van der Waals surface area contributed by atoms with Crippen molar-refractivity contribution in [3.8, 4) is 16.9 Å². The molecule has 0 saturated carbocycles. The molecule has 11 nitrogen and oxygen atoms in total. The maximum atomic E-state index is 13.3. The number of amides is 2. The van der Waals surface area contributed by atoms with E-state index in [4.69, 9.17) is 24.5 Å². The number of carboxylic acids is 2. The minimum absolute atomic E-state index is 0.0807. The fourth-order valence-electron chi connectivity index (χ4n) is 4.12. The standard InChI is InChI=1S/C25H31N5O2.2C2HF3O2/c1-29-12-10-19(11-13-29)17-30(18-20-4-3-5-24(14-20)32-2)25(31)28-23-8-6-21(7-9-23)22-15-26-27-16-22;2*3-2(4,5)1(6)7/h3-9,14-16,19H,10-13,17-18H2,1-2H3,(H,26,27)(H,28,31);2*(H,6,7). The van der Waals surface area contributed by atoms with E-state index in [-0.39, 0.29) is 6.03 Å². The quantitative estimate of drug-likeness (QED) is 0.235. The summed E-state index contributed by atoms with van der Waals surface area (Å²) in [7, 11) is 3.82. The first kappa shape index (κ1) is 37.4. The van der Waals surface area contributed by atoms with Crippen LogP contribution >= 0.6 is 0 Å². The molecule has 0 radical (unpaired) electrons. The van der Waals surface area contributed by atoms with Gasteiger partial charge in [0.05, 0.1) is 13.3 Å². The highest BCUT2D eigenvalue weighted by Crippen LogP contribution is 2.23. The number of ether oxygens (including phenoxy) is 1. The number of halogens is 6. The maximum Gasteiger partial charge on any atom is 0.490 e. The molecule has 1 saturated heterocycles. The number of hydrogen-bond acceptors (Lipinski definition) is 6. The number of alkyl halides is 6. The van der Waals surface area contributed by atoms with Gasteiger partial charge in [0, 0.05) is 30.5 Å². The van der Waals surface area contributed by atoms with Gasteiger partial charge in [-0.25, -0.2) is 14.4 Å². The fourth-order valence-corrected chi connectivity index (χ4v) is 4.12. The Labute approximate surface area is 259 Å². The molecule has 46 heavy (non-hydrogen) atoms. The second kappa shape index (κ2) is 17.0. The number of carboxylic acid groups (broad SMARTS) is 2. The topological polar surface area (TPSA) is 148 Å². The largest absolute Gasteiger partial charge is 0.497 e. The lowest BCUT2D eigenvalue weighted by molar-refractivity contribution is -0.193. The van der Waals surface area contributed by atoms with Gasteiger partial charge in [-0.05, 0) is 74.3 Å². The number of benzene rings is 2. The summed E-state index contributed by atoms with van der Waals surface area (Å²) in [5.41, 5.74) is 3.91. The van der Waals surface area contributed by atoms with Crippen LogP contribution in [0.2, 0.25) is 0 Å².